The molecule has 13 N–H and O–H groups in total. The van der Waals surface area contributed by atoms with Gasteiger partial charge in [-0.1, -0.05) is 13.8 Å². The number of hydrogen-bond acceptors (Lipinski definition) is 8. The number of carboxylic acid groups (broad SMARTS) is 2. The van der Waals surface area contributed by atoms with Crippen molar-refractivity contribution in [3.63, 3.8) is 0 Å². The van der Waals surface area contributed by atoms with Crippen LogP contribution in [0.15, 0.2) is 4.99 Å². The van der Waals surface area contributed by atoms with Crippen molar-refractivity contribution >= 4 is 35.6 Å². The number of carboxylic acids is 2. The first-order chi connectivity index (χ1) is 16.8. The van der Waals surface area contributed by atoms with Gasteiger partial charge in [0.15, 0.2) is 5.96 Å². The number of amides is 3. The number of rotatable bonds is 18. The predicted octanol–water partition coefficient (Wildman–Crippen LogP) is -2.83. The highest BCUT2D eigenvalue weighted by molar-refractivity contribution is 5.95. The maximum atomic E-state index is 12.9. The molecule has 0 aromatic carbocycles. The second kappa shape index (κ2) is 17.0. The highest BCUT2D eigenvalue weighted by Gasteiger charge is 2.31. The van der Waals surface area contributed by atoms with Crippen molar-refractivity contribution < 1.29 is 34.2 Å². The van der Waals surface area contributed by atoms with Gasteiger partial charge in [0.05, 0.1) is 12.5 Å². The summed E-state index contributed by atoms with van der Waals surface area (Å²) < 4.78 is 0. The fourth-order valence-corrected chi connectivity index (χ4v) is 3.02. The maximum absolute atomic E-state index is 12.9. The zero-order valence-corrected chi connectivity index (χ0v) is 20.7. The fraction of sp³-hybridized carbons (Fsp3) is 0.714. The molecule has 0 aromatic rings. The summed E-state index contributed by atoms with van der Waals surface area (Å²) in [5.74, 6) is -5.49. The lowest BCUT2D eigenvalue weighted by Gasteiger charge is -2.25. The minimum absolute atomic E-state index is 0.0199. The smallest absolute Gasteiger partial charge is 0.326 e. The summed E-state index contributed by atoms with van der Waals surface area (Å²) in [6, 6.07) is -4.96. The quantitative estimate of drug-likeness (QED) is 0.0508. The summed E-state index contributed by atoms with van der Waals surface area (Å²) >= 11 is 0. The van der Waals surface area contributed by atoms with Crippen molar-refractivity contribution in [2.45, 2.75) is 76.5 Å². The van der Waals surface area contributed by atoms with Crippen molar-refractivity contribution in [2.24, 2.45) is 33.8 Å². The Hall–Kier alpha value is -3.46. The Bertz CT molecular complexity index is 786. The van der Waals surface area contributed by atoms with E-state index in [4.69, 9.17) is 22.9 Å². The molecule has 0 heterocycles. The molecule has 36 heavy (non-hydrogen) atoms. The predicted molar refractivity (Wildman–Crippen MR) is 131 cm³/mol. The van der Waals surface area contributed by atoms with Gasteiger partial charge < -0.3 is 49.1 Å². The van der Waals surface area contributed by atoms with E-state index in [1.165, 1.54) is 0 Å². The van der Waals surface area contributed by atoms with Crippen molar-refractivity contribution in [1.29, 1.82) is 0 Å². The normalized spacial score (nSPS) is 14.1. The summed E-state index contributed by atoms with van der Waals surface area (Å²) in [4.78, 5) is 64.7. The first-order valence-electron chi connectivity index (χ1n) is 11.7. The lowest BCUT2D eigenvalue weighted by Crippen LogP contribution is -2.58. The standard InChI is InChI=1S/C21H40N8O7/c1-11(2)16(23)19(34)29-14(10-15(30)31)18(33)27-12(6-3-4-8-22)17(32)28-13(20(35)36)7-5-9-26-21(24)25/h11-14,16H,3-10,22-23H2,1-2H3,(H,27,33)(H,28,32)(H,29,34)(H,30,31)(H,35,36)(H4,24,25,26)/t12-,13-,14-,16-/m0/s1. The number of nitrogens with one attached hydrogen (secondary N) is 3. The topological polar surface area (TPSA) is 278 Å². The van der Waals surface area contributed by atoms with E-state index in [1.807, 2.05) is 0 Å². The third-order valence-electron chi connectivity index (χ3n) is 5.17. The Labute approximate surface area is 209 Å². The minimum atomic E-state index is -1.50. The minimum Gasteiger partial charge on any atom is -0.481 e. The van der Waals surface area contributed by atoms with Crippen LogP contribution in [0.5, 0.6) is 0 Å². The molecule has 0 saturated carbocycles. The molecule has 0 unspecified atom stereocenters. The number of hydrogen-bond donors (Lipinski definition) is 9. The molecule has 3 amide bonds. The van der Waals surface area contributed by atoms with Gasteiger partial charge in [0.2, 0.25) is 17.7 Å². The molecule has 0 fully saturated rings. The van der Waals surface area contributed by atoms with Crippen LogP contribution in [0.3, 0.4) is 0 Å². The van der Waals surface area contributed by atoms with Crippen LogP contribution >= 0.6 is 0 Å². The molecule has 0 bridgehead atoms. The van der Waals surface area contributed by atoms with Gasteiger partial charge in [-0.25, -0.2) is 4.79 Å². The monoisotopic (exact) mass is 516 g/mol. The number of nitrogens with zero attached hydrogens (tertiary/aromatic N) is 1. The van der Waals surface area contributed by atoms with Gasteiger partial charge in [0, 0.05) is 6.54 Å². The lowest BCUT2D eigenvalue weighted by atomic mass is 10.0. The Morgan fingerprint density at radius 3 is 1.83 bits per heavy atom. The molecule has 0 radical (unpaired) electrons. The van der Waals surface area contributed by atoms with E-state index >= 15 is 0 Å². The lowest BCUT2D eigenvalue weighted by molar-refractivity contribution is -0.143. The van der Waals surface area contributed by atoms with Gasteiger partial charge in [0.25, 0.3) is 0 Å². The van der Waals surface area contributed by atoms with Crippen LogP contribution in [0.25, 0.3) is 0 Å². The summed E-state index contributed by atoms with van der Waals surface area (Å²) in [6.45, 7) is 3.86. The molecule has 15 nitrogen and oxygen atoms in total. The molecule has 0 rings (SSSR count). The van der Waals surface area contributed by atoms with Gasteiger partial charge in [-0.3, -0.25) is 24.2 Å². The zero-order chi connectivity index (χ0) is 27.8. The Morgan fingerprint density at radius 2 is 1.33 bits per heavy atom. The first-order valence-corrected chi connectivity index (χ1v) is 11.7. The molecular formula is C21H40N8O7. The number of guanidine groups is 1. The molecular weight excluding hydrogens is 476 g/mol. The second-order valence-corrected chi connectivity index (χ2v) is 8.62. The van der Waals surface area contributed by atoms with Crippen LogP contribution in [-0.2, 0) is 24.0 Å². The molecule has 0 aromatic heterocycles. The van der Waals surface area contributed by atoms with E-state index in [-0.39, 0.29) is 37.7 Å². The second-order valence-electron chi connectivity index (χ2n) is 8.62. The van der Waals surface area contributed by atoms with E-state index in [0.717, 1.165) is 0 Å². The molecule has 15 heteroatoms. The number of aliphatic carboxylic acids is 2. The molecule has 4 atom stereocenters. The summed E-state index contributed by atoms with van der Waals surface area (Å²) in [5, 5.41) is 25.7. The average Bonchev–Trinajstić information content (AvgIpc) is 2.78. The summed E-state index contributed by atoms with van der Waals surface area (Å²) in [5.41, 5.74) is 21.7. The first kappa shape index (κ1) is 32.5. The van der Waals surface area contributed by atoms with Crippen LogP contribution in [0, 0.1) is 5.92 Å². The summed E-state index contributed by atoms with van der Waals surface area (Å²) in [6.07, 6.45) is 0.592. The summed E-state index contributed by atoms with van der Waals surface area (Å²) in [7, 11) is 0. The number of carbonyl (C=O) groups excluding carboxylic acids is 3. The van der Waals surface area contributed by atoms with Crippen molar-refractivity contribution in [2.75, 3.05) is 13.1 Å². The van der Waals surface area contributed by atoms with Crippen molar-refractivity contribution in [3.05, 3.63) is 0 Å². The zero-order valence-electron chi connectivity index (χ0n) is 20.7. The van der Waals surface area contributed by atoms with Gasteiger partial charge >= 0.3 is 11.9 Å². The third kappa shape index (κ3) is 13.4. The maximum Gasteiger partial charge on any atom is 0.326 e. The van der Waals surface area contributed by atoms with Crippen molar-refractivity contribution in [3.8, 4) is 0 Å². The van der Waals surface area contributed by atoms with Crippen molar-refractivity contribution in [1.82, 2.24) is 16.0 Å². The fourth-order valence-electron chi connectivity index (χ4n) is 3.02. The van der Waals surface area contributed by atoms with Gasteiger partial charge in [-0.15, -0.1) is 0 Å². The molecule has 0 aliphatic heterocycles. The Kier molecular flexibility index (Phi) is 15.4. The Morgan fingerprint density at radius 1 is 0.806 bits per heavy atom. The van der Waals surface area contributed by atoms with E-state index < -0.39 is 60.2 Å². The molecule has 0 spiro atoms. The largest absolute Gasteiger partial charge is 0.481 e. The molecule has 0 aliphatic rings. The number of carbonyl (C=O) groups is 5. The number of nitrogens with two attached hydrogens (primary N) is 4. The Balaban J connectivity index is 5.51. The van der Waals surface area contributed by atoms with Crippen LogP contribution in [-0.4, -0.2) is 83.1 Å². The van der Waals surface area contributed by atoms with Crippen LogP contribution in [0.2, 0.25) is 0 Å². The van der Waals surface area contributed by atoms with E-state index in [0.29, 0.717) is 19.4 Å². The number of unbranched alkanes of at least 4 members (excludes halogenated alkanes) is 1. The number of aliphatic imine (C=N–C) groups is 1. The van der Waals surface area contributed by atoms with Crippen LogP contribution < -0.4 is 38.9 Å². The average molecular weight is 517 g/mol. The highest BCUT2D eigenvalue weighted by Crippen LogP contribution is 2.07. The molecule has 0 saturated heterocycles. The SMILES string of the molecule is CC(C)[C@H](N)C(=O)N[C@@H](CC(=O)O)C(=O)N[C@@H](CCCCN)C(=O)N[C@@H](CCCN=C(N)N)C(=O)O. The highest BCUT2D eigenvalue weighted by atomic mass is 16.4. The van der Waals surface area contributed by atoms with Crippen LogP contribution in [0.1, 0.15) is 52.4 Å². The van der Waals surface area contributed by atoms with E-state index in [2.05, 4.69) is 20.9 Å². The third-order valence-corrected chi connectivity index (χ3v) is 5.17. The molecule has 206 valence electrons. The van der Waals surface area contributed by atoms with E-state index in [1.54, 1.807) is 13.8 Å². The molecule has 0 aliphatic carbocycles. The van der Waals surface area contributed by atoms with Gasteiger partial charge in [0.1, 0.15) is 18.1 Å². The van der Waals surface area contributed by atoms with E-state index in [9.17, 15) is 34.2 Å². The van der Waals surface area contributed by atoms with Gasteiger partial charge in [-0.2, -0.15) is 0 Å². The van der Waals surface area contributed by atoms with Crippen LogP contribution in [0.4, 0.5) is 0 Å². The van der Waals surface area contributed by atoms with Gasteiger partial charge in [-0.05, 0) is 44.6 Å².